The predicted octanol–water partition coefficient (Wildman–Crippen LogP) is 5.48. The largest absolute Gasteiger partial charge is 0.478 e. The Balaban J connectivity index is 1.55. The second-order valence-electron chi connectivity index (χ2n) is 8.76. The smallest absolute Gasteiger partial charge is 0.335 e. The molecule has 8 nitrogen and oxygen atoms in total. The fraction of sp³-hybridized carbons (Fsp3) is 0.143. The molecule has 0 bridgehead atoms. The van der Waals surface area contributed by atoms with Crippen molar-refractivity contribution in [2.24, 2.45) is 0 Å². The molecule has 1 aliphatic rings. The van der Waals surface area contributed by atoms with Crippen LogP contribution in [0.25, 0.3) is 11.3 Å². The number of furan rings is 1. The van der Waals surface area contributed by atoms with Crippen molar-refractivity contribution >= 4 is 40.6 Å². The van der Waals surface area contributed by atoms with E-state index < -0.39 is 5.97 Å². The summed E-state index contributed by atoms with van der Waals surface area (Å²) < 4.78 is 6.39. The van der Waals surface area contributed by atoms with Crippen LogP contribution >= 0.6 is 12.2 Å². The number of hydrogen-bond donors (Lipinski definition) is 3. The number of carbonyl (C=O) groups is 2. The summed E-state index contributed by atoms with van der Waals surface area (Å²) in [4.78, 5) is 29.3. The number of carboxylic acids is 1. The molecular formula is C28H24N4O4S. The third-order valence-electron chi connectivity index (χ3n) is 6.22. The molecule has 0 spiro atoms. The summed E-state index contributed by atoms with van der Waals surface area (Å²) in [6, 6.07) is 21.3. The Morgan fingerprint density at radius 2 is 1.86 bits per heavy atom. The minimum atomic E-state index is -0.973. The van der Waals surface area contributed by atoms with Crippen LogP contribution in [0.5, 0.6) is 0 Å². The highest BCUT2D eigenvalue weighted by molar-refractivity contribution is 7.80. The standard InChI is InChI=1S/C28H24N4O4S/c1-16-15-18(27(34)35)6-11-21(16)23-12-13-24(36-23)26-25(22-5-3-4-14-29-22)31-28(37)32(26)20-9-7-19(8-10-20)30-17(2)33/h3-15,25-26H,1-2H3,(H,30,33)(H,31,37)(H,34,35)/t25-,26+/m1/s1. The fourth-order valence-corrected chi connectivity index (χ4v) is 4.91. The van der Waals surface area contributed by atoms with Crippen LogP contribution in [-0.2, 0) is 4.79 Å². The zero-order valence-corrected chi connectivity index (χ0v) is 21.0. The quantitative estimate of drug-likeness (QED) is 0.291. The molecule has 1 aliphatic heterocycles. The van der Waals surface area contributed by atoms with Crippen molar-refractivity contribution in [2.45, 2.75) is 25.9 Å². The second kappa shape index (κ2) is 9.87. The number of aromatic nitrogens is 1. The number of aromatic carboxylic acids is 1. The third-order valence-corrected chi connectivity index (χ3v) is 6.54. The summed E-state index contributed by atoms with van der Waals surface area (Å²) >= 11 is 5.76. The van der Waals surface area contributed by atoms with Gasteiger partial charge in [0, 0.05) is 30.1 Å². The monoisotopic (exact) mass is 512 g/mol. The number of benzene rings is 2. The molecule has 1 saturated heterocycles. The Kier molecular flexibility index (Phi) is 6.45. The maximum Gasteiger partial charge on any atom is 0.335 e. The van der Waals surface area contributed by atoms with Gasteiger partial charge in [0.2, 0.25) is 5.91 Å². The zero-order chi connectivity index (χ0) is 26.1. The van der Waals surface area contributed by atoms with Crippen LogP contribution in [0.3, 0.4) is 0 Å². The third kappa shape index (κ3) is 4.81. The number of nitrogens with one attached hydrogen (secondary N) is 2. The highest BCUT2D eigenvalue weighted by Gasteiger charge is 2.42. The molecule has 4 aromatic rings. The van der Waals surface area contributed by atoms with Gasteiger partial charge in [0.15, 0.2) is 5.11 Å². The minimum Gasteiger partial charge on any atom is -0.478 e. The topological polar surface area (TPSA) is 108 Å². The number of pyridine rings is 1. The van der Waals surface area contributed by atoms with E-state index in [2.05, 4.69) is 15.6 Å². The number of carbonyl (C=O) groups excluding carboxylic acids is 1. The van der Waals surface area contributed by atoms with Gasteiger partial charge in [-0.15, -0.1) is 0 Å². The molecule has 1 fully saturated rings. The van der Waals surface area contributed by atoms with E-state index in [0.717, 1.165) is 22.5 Å². The Labute approximate surface area is 219 Å². The fourth-order valence-electron chi connectivity index (χ4n) is 4.56. The molecule has 37 heavy (non-hydrogen) atoms. The first-order valence-corrected chi connectivity index (χ1v) is 12.0. The molecule has 9 heteroatoms. The highest BCUT2D eigenvalue weighted by atomic mass is 32.1. The summed E-state index contributed by atoms with van der Waals surface area (Å²) in [5.74, 6) is 0.182. The molecule has 3 N–H and O–H groups in total. The van der Waals surface area contributed by atoms with Gasteiger partial charge in [0.05, 0.1) is 17.3 Å². The lowest BCUT2D eigenvalue weighted by Gasteiger charge is -2.26. The molecule has 1 amide bonds. The van der Waals surface area contributed by atoms with Crippen LogP contribution < -0.4 is 15.5 Å². The van der Waals surface area contributed by atoms with Gasteiger partial charge in [0.25, 0.3) is 0 Å². The van der Waals surface area contributed by atoms with Gasteiger partial charge in [-0.25, -0.2) is 4.79 Å². The van der Waals surface area contributed by atoms with Crippen LogP contribution in [0.2, 0.25) is 0 Å². The molecule has 2 aromatic carbocycles. The summed E-state index contributed by atoms with van der Waals surface area (Å²) in [6.07, 6.45) is 1.74. The number of aryl methyl sites for hydroxylation is 1. The van der Waals surface area contributed by atoms with Gasteiger partial charge in [-0.05, 0) is 85.4 Å². The van der Waals surface area contributed by atoms with Crippen LogP contribution in [-0.4, -0.2) is 27.1 Å². The van der Waals surface area contributed by atoms with Crippen LogP contribution in [0, 0.1) is 6.92 Å². The lowest BCUT2D eigenvalue weighted by molar-refractivity contribution is -0.114. The Hall–Kier alpha value is -4.50. The number of thiocarbonyl (C=S) groups is 1. The van der Waals surface area contributed by atoms with Crippen molar-refractivity contribution in [1.82, 2.24) is 10.3 Å². The summed E-state index contributed by atoms with van der Waals surface area (Å²) in [5, 5.41) is 16.0. The Morgan fingerprint density at radius 3 is 2.51 bits per heavy atom. The number of amides is 1. The number of rotatable bonds is 6. The molecule has 3 heterocycles. The molecule has 0 unspecified atom stereocenters. The van der Waals surface area contributed by atoms with Crippen molar-refractivity contribution in [3.05, 3.63) is 102 Å². The van der Waals surface area contributed by atoms with E-state index >= 15 is 0 Å². The number of nitrogens with zero attached hydrogens (tertiary/aromatic N) is 2. The minimum absolute atomic E-state index is 0.144. The summed E-state index contributed by atoms with van der Waals surface area (Å²) in [5.41, 5.74) is 4.16. The molecule has 0 radical (unpaired) electrons. The highest BCUT2D eigenvalue weighted by Crippen LogP contribution is 2.43. The molecule has 186 valence electrons. The van der Waals surface area contributed by atoms with Gasteiger partial charge in [-0.3, -0.25) is 9.78 Å². The van der Waals surface area contributed by atoms with E-state index in [4.69, 9.17) is 16.6 Å². The molecule has 2 atom stereocenters. The first kappa shape index (κ1) is 24.2. The Bertz CT molecular complexity index is 1480. The Morgan fingerprint density at radius 1 is 1.08 bits per heavy atom. The van der Waals surface area contributed by atoms with E-state index in [9.17, 15) is 14.7 Å². The zero-order valence-electron chi connectivity index (χ0n) is 20.1. The normalized spacial score (nSPS) is 16.9. The number of anilines is 2. The number of hydrogen-bond acceptors (Lipinski definition) is 5. The van der Waals surface area contributed by atoms with E-state index in [1.165, 1.54) is 6.92 Å². The van der Waals surface area contributed by atoms with Crippen molar-refractivity contribution in [3.63, 3.8) is 0 Å². The van der Waals surface area contributed by atoms with E-state index in [1.54, 1.807) is 24.4 Å². The maximum absolute atomic E-state index is 11.4. The first-order valence-electron chi connectivity index (χ1n) is 11.6. The maximum atomic E-state index is 11.4. The number of carboxylic acid groups (broad SMARTS) is 1. The first-order chi connectivity index (χ1) is 17.8. The predicted molar refractivity (Wildman–Crippen MR) is 145 cm³/mol. The van der Waals surface area contributed by atoms with E-state index in [-0.39, 0.29) is 23.6 Å². The average molecular weight is 513 g/mol. The van der Waals surface area contributed by atoms with Crippen LogP contribution in [0.15, 0.2) is 83.4 Å². The molecule has 0 saturated carbocycles. The van der Waals surface area contributed by atoms with E-state index in [0.29, 0.717) is 22.3 Å². The van der Waals surface area contributed by atoms with Crippen molar-refractivity contribution in [2.75, 3.05) is 10.2 Å². The van der Waals surface area contributed by atoms with Gasteiger partial charge in [-0.2, -0.15) is 0 Å². The SMILES string of the molecule is CC(=O)Nc1ccc(N2C(=S)N[C@H](c3ccccn3)[C@@H]2c2ccc(-c3ccc(C(=O)O)cc3C)o2)cc1. The lowest BCUT2D eigenvalue weighted by atomic mass is 10.0. The van der Waals surface area contributed by atoms with Gasteiger partial charge >= 0.3 is 5.97 Å². The summed E-state index contributed by atoms with van der Waals surface area (Å²) in [7, 11) is 0. The summed E-state index contributed by atoms with van der Waals surface area (Å²) in [6.45, 7) is 3.32. The van der Waals surface area contributed by atoms with Crippen molar-refractivity contribution < 1.29 is 19.1 Å². The van der Waals surface area contributed by atoms with Crippen molar-refractivity contribution in [3.8, 4) is 11.3 Å². The molecular weight excluding hydrogens is 488 g/mol. The van der Waals surface area contributed by atoms with E-state index in [1.807, 2.05) is 66.4 Å². The molecule has 2 aromatic heterocycles. The molecule has 5 rings (SSSR count). The van der Waals surface area contributed by atoms with Crippen molar-refractivity contribution in [1.29, 1.82) is 0 Å². The van der Waals surface area contributed by atoms with Gasteiger partial charge < -0.3 is 25.1 Å². The van der Waals surface area contributed by atoms with Gasteiger partial charge in [0.1, 0.15) is 17.6 Å². The van der Waals surface area contributed by atoms with Crippen LogP contribution in [0.1, 0.15) is 46.4 Å². The second-order valence-corrected chi connectivity index (χ2v) is 9.15. The van der Waals surface area contributed by atoms with Crippen LogP contribution in [0.4, 0.5) is 11.4 Å². The average Bonchev–Trinajstić information content (AvgIpc) is 3.49. The van der Waals surface area contributed by atoms with Gasteiger partial charge in [-0.1, -0.05) is 12.1 Å². The lowest BCUT2D eigenvalue weighted by Crippen LogP contribution is -2.29. The molecule has 0 aliphatic carbocycles.